The van der Waals surface area contributed by atoms with Crippen molar-refractivity contribution in [1.82, 2.24) is 14.7 Å². The van der Waals surface area contributed by atoms with E-state index in [-0.39, 0.29) is 17.8 Å². The molecule has 1 aromatic heterocycles. The van der Waals surface area contributed by atoms with Crippen LogP contribution < -0.4 is 10.3 Å². The summed E-state index contributed by atoms with van der Waals surface area (Å²) in [5.74, 6) is 0.782. The fourth-order valence-corrected chi connectivity index (χ4v) is 3.04. The molecule has 0 atom stereocenters. The number of ether oxygens (including phenoxy) is 2. The summed E-state index contributed by atoms with van der Waals surface area (Å²) in [7, 11) is 1.63. The first-order valence-electron chi connectivity index (χ1n) is 9.51. The minimum Gasteiger partial charge on any atom is -0.490 e. The van der Waals surface area contributed by atoms with Gasteiger partial charge in [0, 0.05) is 44.6 Å². The highest BCUT2D eigenvalue weighted by Gasteiger charge is 2.27. The molecule has 0 unspecified atom stereocenters. The largest absolute Gasteiger partial charge is 0.490 e. The van der Waals surface area contributed by atoms with E-state index < -0.39 is 5.60 Å². The molecule has 0 aliphatic carbocycles. The third kappa shape index (κ3) is 5.12. The lowest BCUT2D eigenvalue weighted by Gasteiger charge is -2.33. The topological polar surface area (TPSA) is 73.7 Å². The molecule has 2 heterocycles. The molecule has 1 aliphatic rings. The summed E-state index contributed by atoms with van der Waals surface area (Å²) in [6.45, 7) is 6.86. The molecule has 2 aromatic rings. The zero-order valence-corrected chi connectivity index (χ0v) is 16.8. The summed E-state index contributed by atoms with van der Waals surface area (Å²) >= 11 is 0. The molecular weight excluding hydrogens is 358 g/mol. The van der Waals surface area contributed by atoms with E-state index in [0.29, 0.717) is 13.1 Å². The predicted molar refractivity (Wildman–Crippen MR) is 106 cm³/mol. The van der Waals surface area contributed by atoms with Gasteiger partial charge in [0.1, 0.15) is 17.5 Å². The minimum absolute atomic E-state index is 0.0696. The Hall–Kier alpha value is -2.83. The molecule has 1 saturated heterocycles. The smallest absolute Gasteiger partial charge is 0.410 e. The van der Waals surface area contributed by atoms with Crippen LogP contribution in [0.3, 0.4) is 0 Å². The highest BCUT2D eigenvalue weighted by Crippen LogP contribution is 2.23. The van der Waals surface area contributed by atoms with Crippen LogP contribution in [-0.4, -0.2) is 45.6 Å². The molecule has 1 fully saturated rings. The molecular formula is C21H27N3O4. The number of hydrogen-bond acceptors (Lipinski definition) is 5. The van der Waals surface area contributed by atoms with E-state index in [0.717, 1.165) is 29.8 Å². The van der Waals surface area contributed by atoms with Crippen molar-refractivity contribution in [1.29, 1.82) is 0 Å². The average molecular weight is 385 g/mol. The first kappa shape index (κ1) is 19.9. The molecule has 3 rings (SSSR count). The minimum atomic E-state index is -0.480. The third-order valence-corrected chi connectivity index (χ3v) is 4.51. The second-order valence-electron chi connectivity index (χ2n) is 7.99. The van der Waals surface area contributed by atoms with E-state index in [1.807, 2.05) is 45.0 Å². The van der Waals surface area contributed by atoms with Gasteiger partial charge in [-0.3, -0.25) is 4.79 Å². The number of aromatic nitrogens is 2. The summed E-state index contributed by atoms with van der Waals surface area (Å²) in [6, 6.07) is 10.9. The van der Waals surface area contributed by atoms with Gasteiger partial charge in [0.25, 0.3) is 5.56 Å². The maximum Gasteiger partial charge on any atom is 0.410 e. The Morgan fingerprint density at radius 1 is 1.07 bits per heavy atom. The van der Waals surface area contributed by atoms with Crippen molar-refractivity contribution >= 4 is 6.09 Å². The Kier molecular flexibility index (Phi) is 5.72. The number of rotatable bonds is 3. The van der Waals surface area contributed by atoms with Gasteiger partial charge in [-0.15, -0.1) is 0 Å². The van der Waals surface area contributed by atoms with E-state index in [2.05, 4.69) is 5.10 Å². The Labute approximate surface area is 164 Å². The molecule has 1 amide bonds. The lowest BCUT2D eigenvalue weighted by Crippen LogP contribution is -2.44. The van der Waals surface area contributed by atoms with Crippen molar-refractivity contribution in [3.63, 3.8) is 0 Å². The number of hydrogen-bond donors (Lipinski definition) is 0. The van der Waals surface area contributed by atoms with Crippen LogP contribution in [-0.2, 0) is 11.8 Å². The quantitative estimate of drug-likeness (QED) is 0.811. The molecule has 0 bridgehead atoms. The molecule has 1 aliphatic heterocycles. The number of piperidine rings is 1. The van der Waals surface area contributed by atoms with Crippen LogP contribution in [0.15, 0.2) is 41.2 Å². The molecule has 7 heteroatoms. The third-order valence-electron chi connectivity index (χ3n) is 4.51. The fraction of sp³-hybridized carbons (Fsp3) is 0.476. The molecule has 150 valence electrons. The second-order valence-corrected chi connectivity index (χ2v) is 7.99. The number of benzene rings is 1. The number of likely N-dealkylation sites (tertiary alicyclic amines) is 1. The monoisotopic (exact) mass is 385 g/mol. The molecule has 0 N–H and O–H groups in total. The summed E-state index contributed by atoms with van der Waals surface area (Å²) < 4.78 is 12.8. The second kappa shape index (κ2) is 8.04. The average Bonchev–Trinajstić information content (AvgIpc) is 2.64. The molecule has 0 saturated carbocycles. The van der Waals surface area contributed by atoms with E-state index in [4.69, 9.17) is 9.47 Å². The number of aryl methyl sites for hydroxylation is 1. The summed E-state index contributed by atoms with van der Waals surface area (Å²) in [4.78, 5) is 25.3. The summed E-state index contributed by atoms with van der Waals surface area (Å²) in [6.07, 6.45) is 1.34. The van der Waals surface area contributed by atoms with Crippen LogP contribution in [0.1, 0.15) is 33.6 Å². The zero-order valence-electron chi connectivity index (χ0n) is 16.8. The standard InChI is InChI=1S/C21H27N3O4/c1-21(2,3)28-20(26)24-13-11-17(12-14-24)27-16-7-5-15(6-8-16)18-9-10-19(25)23(4)22-18/h5-10,17H,11-14H2,1-4H3. The van der Waals surface area contributed by atoms with Gasteiger partial charge in [-0.25, -0.2) is 9.48 Å². The number of nitrogens with zero attached hydrogens (tertiary/aromatic N) is 3. The number of amides is 1. The summed E-state index contributed by atoms with van der Waals surface area (Å²) in [5, 5.41) is 4.25. The van der Waals surface area contributed by atoms with Gasteiger partial charge in [-0.2, -0.15) is 5.10 Å². The normalized spacial score (nSPS) is 15.4. The maximum absolute atomic E-state index is 12.1. The maximum atomic E-state index is 12.1. The number of carbonyl (C=O) groups is 1. The van der Waals surface area contributed by atoms with Crippen LogP contribution >= 0.6 is 0 Å². The molecule has 0 spiro atoms. The molecule has 28 heavy (non-hydrogen) atoms. The first-order chi connectivity index (χ1) is 13.2. The van der Waals surface area contributed by atoms with Crippen LogP contribution in [0.4, 0.5) is 4.79 Å². The Morgan fingerprint density at radius 2 is 1.71 bits per heavy atom. The highest BCUT2D eigenvalue weighted by molar-refractivity contribution is 5.68. The van der Waals surface area contributed by atoms with E-state index >= 15 is 0 Å². The Bertz CT molecular complexity index is 876. The van der Waals surface area contributed by atoms with Crippen LogP contribution in [0.25, 0.3) is 11.3 Å². The van der Waals surface area contributed by atoms with Gasteiger partial charge in [-0.1, -0.05) is 0 Å². The van der Waals surface area contributed by atoms with Gasteiger partial charge < -0.3 is 14.4 Å². The van der Waals surface area contributed by atoms with Crippen LogP contribution in [0.2, 0.25) is 0 Å². The first-order valence-corrected chi connectivity index (χ1v) is 9.51. The van der Waals surface area contributed by atoms with Crippen molar-refractivity contribution < 1.29 is 14.3 Å². The fourth-order valence-electron chi connectivity index (χ4n) is 3.04. The lowest BCUT2D eigenvalue weighted by molar-refractivity contribution is 0.0126. The van der Waals surface area contributed by atoms with Gasteiger partial charge in [0.2, 0.25) is 0 Å². The van der Waals surface area contributed by atoms with Gasteiger partial charge in [0.05, 0.1) is 5.69 Å². The molecule has 1 aromatic carbocycles. The summed E-state index contributed by atoms with van der Waals surface area (Å²) in [5.41, 5.74) is 1.04. The van der Waals surface area contributed by atoms with Crippen LogP contribution in [0, 0.1) is 0 Å². The van der Waals surface area contributed by atoms with Crippen molar-refractivity contribution in [2.75, 3.05) is 13.1 Å². The van der Waals surface area contributed by atoms with Crippen molar-refractivity contribution in [2.45, 2.75) is 45.3 Å². The van der Waals surface area contributed by atoms with Crippen molar-refractivity contribution in [3.05, 3.63) is 46.8 Å². The van der Waals surface area contributed by atoms with E-state index in [1.165, 1.54) is 10.7 Å². The molecule has 0 radical (unpaired) electrons. The highest BCUT2D eigenvalue weighted by atomic mass is 16.6. The SMILES string of the molecule is Cn1nc(-c2ccc(OC3CCN(C(=O)OC(C)(C)C)CC3)cc2)ccc1=O. The molecule has 7 nitrogen and oxygen atoms in total. The van der Waals surface area contributed by atoms with Gasteiger partial charge in [0.15, 0.2) is 0 Å². The zero-order chi connectivity index (χ0) is 20.3. The Morgan fingerprint density at radius 3 is 2.29 bits per heavy atom. The van der Waals surface area contributed by atoms with Crippen molar-refractivity contribution in [3.8, 4) is 17.0 Å². The van der Waals surface area contributed by atoms with E-state index in [1.54, 1.807) is 18.0 Å². The van der Waals surface area contributed by atoms with Crippen LogP contribution in [0.5, 0.6) is 5.75 Å². The lowest BCUT2D eigenvalue weighted by atomic mass is 10.1. The van der Waals surface area contributed by atoms with Gasteiger partial charge >= 0.3 is 6.09 Å². The van der Waals surface area contributed by atoms with Crippen molar-refractivity contribution in [2.24, 2.45) is 7.05 Å². The van der Waals surface area contributed by atoms with Gasteiger partial charge in [-0.05, 0) is 51.1 Å². The number of carbonyl (C=O) groups excluding carboxylic acids is 1. The predicted octanol–water partition coefficient (Wildman–Crippen LogP) is 3.23. The Balaban J connectivity index is 1.55. The van der Waals surface area contributed by atoms with E-state index in [9.17, 15) is 9.59 Å².